The number of rotatable bonds is 8. The summed E-state index contributed by atoms with van der Waals surface area (Å²) in [5, 5.41) is 4.02. The van der Waals surface area contributed by atoms with Crippen LogP contribution in [0.1, 0.15) is 43.0 Å². The zero-order valence-corrected chi connectivity index (χ0v) is 29.8. The Balaban J connectivity index is 0.000000182. The van der Waals surface area contributed by atoms with Crippen LogP contribution < -0.4 is 0 Å². The van der Waals surface area contributed by atoms with E-state index in [-0.39, 0.29) is 11.9 Å². The maximum absolute atomic E-state index is 12.1. The molecule has 0 aliphatic carbocycles. The van der Waals surface area contributed by atoms with Gasteiger partial charge in [0, 0.05) is 39.5 Å². The van der Waals surface area contributed by atoms with Gasteiger partial charge in [0.05, 0.1) is 30.9 Å². The van der Waals surface area contributed by atoms with Crippen LogP contribution in [0.4, 0.5) is 0 Å². The van der Waals surface area contributed by atoms with Crippen LogP contribution in [0.15, 0.2) is 115 Å². The van der Waals surface area contributed by atoms with E-state index in [0.717, 1.165) is 55.0 Å². The van der Waals surface area contributed by atoms with Crippen molar-refractivity contribution in [1.82, 2.24) is 19.5 Å². The van der Waals surface area contributed by atoms with Gasteiger partial charge in [-0.2, -0.15) is 0 Å². The number of carbonyl (C=O) groups is 2. The van der Waals surface area contributed by atoms with Gasteiger partial charge in [-0.3, -0.25) is 0 Å². The third-order valence-electron chi connectivity index (χ3n) is 8.16. The van der Waals surface area contributed by atoms with Gasteiger partial charge in [0.1, 0.15) is 5.82 Å². The number of halogens is 2. The lowest BCUT2D eigenvalue weighted by molar-refractivity contribution is 0.0590. The number of benzene rings is 4. The molecule has 11 heteroatoms. The molecule has 3 heterocycles. The van der Waals surface area contributed by atoms with Crippen molar-refractivity contribution in [3.8, 4) is 5.82 Å². The Morgan fingerprint density at radius 3 is 2.00 bits per heavy atom. The molecular formula is C39H32Cl2N4O4S. The number of H-pyrrole nitrogens is 1. The lowest BCUT2D eigenvalue weighted by atomic mass is 9.99. The van der Waals surface area contributed by atoms with Crippen LogP contribution in [0, 0.1) is 0 Å². The van der Waals surface area contributed by atoms with Crippen molar-refractivity contribution in [3.05, 3.63) is 153 Å². The maximum Gasteiger partial charge on any atom is 0.338 e. The third-order valence-corrected chi connectivity index (χ3v) is 9.20. The zero-order valence-electron chi connectivity index (χ0n) is 27.4. The average molecular weight is 724 g/mol. The monoisotopic (exact) mass is 722 g/mol. The molecule has 252 valence electrons. The predicted molar refractivity (Wildman–Crippen MR) is 200 cm³/mol. The minimum Gasteiger partial charge on any atom is -0.465 e. The number of esters is 2. The zero-order chi connectivity index (χ0) is 35.2. The number of nitrogens with one attached hydrogen (secondary N) is 1. The van der Waals surface area contributed by atoms with Gasteiger partial charge in [0.2, 0.25) is 0 Å². The standard InChI is InChI=1S/C22H18ClN3O2S.C17H14ClNO2/c1-28-21(27)18-13-17(23)5-4-15(18)11-14-3-6-19-16(12-14)8-10-26(19)20-7-9-24-22(25-20)29-2;1-21-17(20)15-10-14(18)4-3-12(15)8-11-2-5-16-13(9-11)6-7-19-16/h3-10,12-13H,11H2,1-2H3;2-7,9-10,19H,8H2,1H3. The first kappa shape index (κ1) is 34.8. The average Bonchev–Trinajstić information content (AvgIpc) is 3.79. The van der Waals surface area contributed by atoms with Crippen molar-refractivity contribution in [1.29, 1.82) is 0 Å². The van der Waals surface area contributed by atoms with Gasteiger partial charge in [0.25, 0.3) is 0 Å². The van der Waals surface area contributed by atoms with Crippen molar-refractivity contribution in [2.24, 2.45) is 0 Å². The Hall–Kier alpha value is -5.09. The topological polar surface area (TPSA) is 99.1 Å². The molecule has 0 unspecified atom stereocenters. The largest absolute Gasteiger partial charge is 0.465 e. The smallest absolute Gasteiger partial charge is 0.338 e. The number of ether oxygens (including phenoxy) is 2. The van der Waals surface area contributed by atoms with E-state index in [0.29, 0.717) is 34.0 Å². The molecule has 0 aliphatic rings. The fraction of sp³-hybridized carbons (Fsp3) is 0.128. The van der Waals surface area contributed by atoms with Crippen molar-refractivity contribution in [3.63, 3.8) is 0 Å². The fourth-order valence-corrected chi connectivity index (χ4v) is 6.42. The van der Waals surface area contributed by atoms with E-state index in [4.69, 9.17) is 32.7 Å². The van der Waals surface area contributed by atoms with Crippen LogP contribution >= 0.6 is 35.0 Å². The van der Waals surface area contributed by atoms with Gasteiger partial charge in [-0.05, 0) is 113 Å². The number of aromatic nitrogens is 4. The molecule has 3 aromatic heterocycles. The third kappa shape index (κ3) is 7.86. The molecule has 0 bridgehead atoms. The van der Waals surface area contributed by atoms with Crippen LogP contribution in [0.3, 0.4) is 0 Å². The van der Waals surface area contributed by atoms with E-state index in [1.807, 2.05) is 53.5 Å². The van der Waals surface area contributed by atoms with Crippen LogP contribution in [-0.2, 0) is 22.3 Å². The Labute approximate surface area is 303 Å². The summed E-state index contributed by atoms with van der Waals surface area (Å²) in [6.07, 6.45) is 8.90. The summed E-state index contributed by atoms with van der Waals surface area (Å²) < 4.78 is 11.8. The molecule has 0 spiro atoms. The highest BCUT2D eigenvalue weighted by molar-refractivity contribution is 7.98. The van der Waals surface area contributed by atoms with Crippen LogP contribution in [0.2, 0.25) is 10.0 Å². The fourth-order valence-electron chi connectivity index (χ4n) is 5.72. The number of hydrogen-bond acceptors (Lipinski definition) is 7. The number of fused-ring (bicyclic) bond motifs is 2. The first-order chi connectivity index (χ1) is 24.3. The van der Waals surface area contributed by atoms with Gasteiger partial charge in [0.15, 0.2) is 5.16 Å². The Kier molecular flexibility index (Phi) is 10.9. The molecule has 7 aromatic rings. The highest BCUT2D eigenvalue weighted by atomic mass is 35.5. The second kappa shape index (κ2) is 15.6. The molecule has 0 saturated carbocycles. The summed E-state index contributed by atoms with van der Waals surface area (Å²) in [7, 11) is 2.75. The van der Waals surface area contributed by atoms with Crippen molar-refractivity contribution in [2.75, 3.05) is 20.5 Å². The molecule has 50 heavy (non-hydrogen) atoms. The summed E-state index contributed by atoms with van der Waals surface area (Å²) >= 11 is 13.5. The minimum absolute atomic E-state index is 0.366. The predicted octanol–water partition coefficient (Wildman–Crippen LogP) is 9.37. The van der Waals surface area contributed by atoms with Crippen molar-refractivity contribution < 1.29 is 19.1 Å². The van der Waals surface area contributed by atoms with E-state index in [2.05, 4.69) is 51.4 Å². The molecule has 4 aromatic carbocycles. The van der Waals surface area contributed by atoms with Gasteiger partial charge in [-0.25, -0.2) is 19.6 Å². The SMILES string of the molecule is COC(=O)c1cc(Cl)ccc1Cc1ccc2[nH]ccc2c1.COC(=O)c1cc(Cl)ccc1Cc1ccc2c(ccn2-c2ccnc(SC)n2)c1. The number of carbonyl (C=O) groups excluding carboxylic acids is 2. The molecule has 0 atom stereocenters. The molecular weight excluding hydrogens is 691 g/mol. The highest BCUT2D eigenvalue weighted by Crippen LogP contribution is 2.26. The van der Waals surface area contributed by atoms with Crippen LogP contribution in [0.5, 0.6) is 0 Å². The number of hydrogen-bond donors (Lipinski definition) is 1. The van der Waals surface area contributed by atoms with E-state index in [1.165, 1.54) is 26.0 Å². The Morgan fingerprint density at radius 1 is 0.760 bits per heavy atom. The first-order valence-corrected chi connectivity index (χ1v) is 17.5. The van der Waals surface area contributed by atoms with Crippen LogP contribution in [0.25, 0.3) is 27.6 Å². The second-order valence-electron chi connectivity index (χ2n) is 11.3. The molecule has 0 aliphatic heterocycles. The number of methoxy groups -OCH3 is 2. The quantitative estimate of drug-likeness (QED) is 0.0948. The van der Waals surface area contributed by atoms with Gasteiger partial charge < -0.3 is 19.0 Å². The first-order valence-electron chi connectivity index (χ1n) is 15.5. The summed E-state index contributed by atoms with van der Waals surface area (Å²) in [6.45, 7) is 0. The normalized spacial score (nSPS) is 10.9. The maximum atomic E-state index is 12.1. The highest BCUT2D eigenvalue weighted by Gasteiger charge is 2.15. The summed E-state index contributed by atoms with van der Waals surface area (Å²) in [5.41, 5.74) is 7.17. The lowest BCUT2D eigenvalue weighted by Gasteiger charge is -2.10. The summed E-state index contributed by atoms with van der Waals surface area (Å²) in [6, 6.07) is 29.1. The van der Waals surface area contributed by atoms with Gasteiger partial charge >= 0.3 is 11.9 Å². The molecule has 0 amide bonds. The summed E-state index contributed by atoms with van der Waals surface area (Å²) in [4.78, 5) is 35.9. The molecule has 8 nitrogen and oxygen atoms in total. The number of thioether (sulfide) groups is 1. The van der Waals surface area contributed by atoms with Gasteiger partial charge in [-0.1, -0.05) is 59.2 Å². The van der Waals surface area contributed by atoms with Crippen molar-refractivity contribution in [2.45, 2.75) is 18.0 Å². The second-order valence-corrected chi connectivity index (χ2v) is 13.0. The van der Waals surface area contributed by atoms with Crippen molar-refractivity contribution >= 4 is 68.7 Å². The number of nitrogens with zero attached hydrogens (tertiary/aromatic N) is 3. The summed E-state index contributed by atoms with van der Waals surface area (Å²) in [5.74, 6) is 0.0797. The van der Waals surface area contributed by atoms with E-state index in [9.17, 15) is 9.59 Å². The minimum atomic E-state index is -0.386. The van der Waals surface area contributed by atoms with E-state index in [1.54, 1.807) is 30.5 Å². The Bertz CT molecular complexity index is 2340. The Morgan fingerprint density at radius 2 is 1.38 bits per heavy atom. The molecule has 1 N–H and O–H groups in total. The number of aromatic amines is 1. The molecule has 0 radical (unpaired) electrons. The van der Waals surface area contributed by atoms with E-state index < -0.39 is 0 Å². The van der Waals surface area contributed by atoms with Crippen LogP contribution in [-0.4, -0.2) is 51.9 Å². The lowest BCUT2D eigenvalue weighted by Crippen LogP contribution is -2.06. The van der Waals surface area contributed by atoms with E-state index >= 15 is 0 Å². The molecule has 0 saturated heterocycles. The van der Waals surface area contributed by atoms with Gasteiger partial charge in [-0.15, -0.1) is 0 Å². The molecule has 7 rings (SSSR count). The molecule has 0 fully saturated rings.